The van der Waals surface area contributed by atoms with Gasteiger partial charge in [0, 0.05) is 53.7 Å². The molecule has 34 heavy (non-hydrogen) atoms. The van der Waals surface area contributed by atoms with E-state index in [1.54, 1.807) is 10.5 Å². The normalized spacial score (nSPS) is 14.1. The zero-order valence-electron chi connectivity index (χ0n) is 19.7. The number of aromatic nitrogens is 3. The largest absolute Gasteiger partial charge is 0.372 e. The molecule has 0 aliphatic carbocycles. The molecule has 1 saturated heterocycles. The summed E-state index contributed by atoms with van der Waals surface area (Å²) in [5.74, 6) is 0.687. The van der Waals surface area contributed by atoms with E-state index < -0.39 is 0 Å². The van der Waals surface area contributed by atoms with Gasteiger partial charge < -0.3 is 9.47 Å². The molecule has 4 aromatic rings. The number of hydrogen-bond acceptors (Lipinski definition) is 3. The van der Waals surface area contributed by atoms with Crippen LogP contribution in [0, 0.1) is 0 Å². The maximum Gasteiger partial charge on any atom is 0.259 e. The highest BCUT2D eigenvalue weighted by Gasteiger charge is 2.17. The summed E-state index contributed by atoms with van der Waals surface area (Å²) in [4.78, 5) is 20.6. The van der Waals surface area contributed by atoms with Crippen molar-refractivity contribution in [3.63, 3.8) is 0 Å². The van der Waals surface area contributed by atoms with Gasteiger partial charge >= 0.3 is 0 Å². The Balaban J connectivity index is 1.63. The summed E-state index contributed by atoms with van der Waals surface area (Å²) in [6, 6.07) is 18.0. The summed E-state index contributed by atoms with van der Waals surface area (Å²) < 4.78 is 3.89. The maximum atomic E-state index is 13.2. The second-order valence-electron chi connectivity index (χ2n) is 9.13. The van der Waals surface area contributed by atoms with Crippen molar-refractivity contribution < 1.29 is 0 Å². The van der Waals surface area contributed by atoms with Crippen LogP contribution in [0.2, 0.25) is 5.02 Å². The molecule has 0 saturated carbocycles. The third-order valence-electron chi connectivity index (χ3n) is 6.71. The highest BCUT2D eigenvalue weighted by Crippen LogP contribution is 2.28. The lowest BCUT2D eigenvalue weighted by Gasteiger charge is -2.29. The van der Waals surface area contributed by atoms with Gasteiger partial charge in [0.15, 0.2) is 0 Å². The van der Waals surface area contributed by atoms with Crippen molar-refractivity contribution >= 4 is 23.1 Å². The third kappa shape index (κ3) is 4.62. The first-order chi connectivity index (χ1) is 16.6. The van der Waals surface area contributed by atoms with Gasteiger partial charge in [0.1, 0.15) is 0 Å². The van der Waals surface area contributed by atoms with Gasteiger partial charge in [-0.25, -0.2) is 4.98 Å². The molecular weight excluding hydrogens is 444 g/mol. The maximum absolute atomic E-state index is 13.2. The number of nitrogens with zero attached hydrogens (tertiary/aromatic N) is 4. The highest BCUT2D eigenvalue weighted by atomic mass is 35.5. The molecule has 176 valence electrons. The fourth-order valence-electron chi connectivity index (χ4n) is 4.85. The van der Waals surface area contributed by atoms with Crippen LogP contribution in [0.4, 0.5) is 5.69 Å². The molecular formula is C28H31ClN4O. The van der Waals surface area contributed by atoms with E-state index >= 15 is 0 Å². The summed E-state index contributed by atoms with van der Waals surface area (Å²) in [5.41, 5.74) is 4.89. The fraction of sp³-hybridized carbons (Fsp3) is 0.357. The van der Waals surface area contributed by atoms with E-state index in [0.29, 0.717) is 10.8 Å². The van der Waals surface area contributed by atoms with Gasteiger partial charge in [0.25, 0.3) is 5.56 Å². The monoisotopic (exact) mass is 474 g/mol. The minimum absolute atomic E-state index is 0.0622. The molecule has 6 heteroatoms. The van der Waals surface area contributed by atoms with Crippen molar-refractivity contribution in [1.82, 2.24) is 14.0 Å². The van der Waals surface area contributed by atoms with Crippen LogP contribution >= 0.6 is 11.6 Å². The van der Waals surface area contributed by atoms with Crippen LogP contribution in [0.5, 0.6) is 0 Å². The van der Waals surface area contributed by atoms with E-state index in [4.69, 9.17) is 16.6 Å². The summed E-state index contributed by atoms with van der Waals surface area (Å²) >= 11 is 6.07. The molecule has 0 amide bonds. The lowest BCUT2D eigenvalue weighted by molar-refractivity contribution is 0.578. The number of anilines is 1. The van der Waals surface area contributed by atoms with Gasteiger partial charge in [-0.05, 0) is 49.9 Å². The van der Waals surface area contributed by atoms with Crippen LogP contribution in [0.3, 0.4) is 0 Å². The van der Waals surface area contributed by atoms with E-state index in [9.17, 15) is 4.79 Å². The van der Waals surface area contributed by atoms with Crippen molar-refractivity contribution in [2.45, 2.75) is 52.0 Å². The number of piperidine rings is 1. The van der Waals surface area contributed by atoms with Crippen molar-refractivity contribution in [2.75, 3.05) is 18.0 Å². The minimum atomic E-state index is -0.0622. The molecule has 0 spiro atoms. The average Bonchev–Trinajstić information content (AvgIpc) is 3.33. The number of halogens is 1. The summed E-state index contributed by atoms with van der Waals surface area (Å²) in [6.45, 7) is 5.21. The summed E-state index contributed by atoms with van der Waals surface area (Å²) in [6.07, 6.45) is 8.93. The number of benzene rings is 2. The summed E-state index contributed by atoms with van der Waals surface area (Å²) in [7, 11) is 0. The van der Waals surface area contributed by atoms with Gasteiger partial charge in [-0.15, -0.1) is 0 Å². The topological polar surface area (TPSA) is 42.5 Å². The molecule has 0 N–H and O–H groups in total. The Bertz CT molecular complexity index is 1330. The first kappa shape index (κ1) is 22.7. The third-order valence-corrected chi connectivity index (χ3v) is 6.96. The van der Waals surface area contributed by atoms with Crippen LogP contribution < -0.4 is 10.5 Å². The standard InChI is InChI=1S/C28H31ClN4O/c1-2-3-5-17-32-26(22-9-8-10-24(18-22)31-15-6-4-7-16-31)19-27(34)33-20-25(30-28(32)33)21-11-13-23(29)14-12-21/h8-14,18-20H,2-7,15-17H2,1H3. The van der Waals surface area contributed by atoms with E-state index in [1.165, 1.54) is 24.9 Å². The first-order valence-corrected chi connectivity index (χ1v) is 12.8. The smallest absolute Gasteiger partial charge is 0.259 e. The number of fused-ring (bicyclic) bond motifs is 1. The van der Waals surface area contributed by atoms with Crippen LogP contribution in [0.15, 0.2) is 65.6 Å². The van der Waals surface area contributed by atoms with Crippen LogP contribution in [-0.2, 0) is 6.54 Å². The van der Waals surface area contributed by atoms with Gasteiger partial charge in [-0.1, -0.05) is 55.6 Å². The predicted octanol–water partition coefficient (Wildman–Crippen LogP) is 6.66. The van der Waals surface area contributed by atoms with Crippen molar-refractivity contribution in [2.24, 2.45) is 0 Å². The molecule has 1 aliphatic heterocycles. The minimum Gasteiger partial charge on any atom is -0.372 e. The zero-order valence-corrected chi connectivity index (χ0v) is 20.5. The molecule has 1 aliphatic rings. The van der Waals surface area contributed by atoms with Crippen molar-refractivity contribution in [3.8, 4) is 22.5 Å². The van der Waals surface area contributed by atoms with E-state index in [-0.39, 0.29) is 5.56 Å². The van der Waals surface area contributed by atoms with Gasteiger partial charge in [0.2, 0.25) is 5.78 Å². The molecule has 5 nitrogen and oxygen atoms in total. The number of aryl methyl sites for hydroxylation is 1. The fourth-order valence-corrected chi connectivity index (χ4v) is 4.97. The quantitative estimate of drug-likeness (QED) is 0.281. The molecule has 2 aromatic carbocycles. The Hall–Kier alpha value is -3.05. The van der Waals surface area contributed by atoms with Crippen molar-refractivity contribution in [1.29, 1.82) is 0 Å². The van der Waals surface area contributed by atoms with E-state index in [1.807, 2.05) is 30.5 Å². The lowest BCUT2D eigenvalue weighted by Crippen LogP contribution is -2.29. The predicted molar refractivity (Wildman–Crippen MR) is 141 cm³/mol. The van der Waals surface area contributed by atoms with Gasteiger partial charge in [-0.3, -0.25) is 9.20 Å². The number of rotatable bonds is 7. The van der Waals surface area contributed by atoms with E-state index in [2.05, 4.69) is 40.7 Å². The Kier molecular flexibility index (Phi) is 6.73. The van der Waals surface area contributed by atoms with Crippen LogP contribution in [0.1, 0.15) is 45.4 Å². The molecule has 0 bridgehead atoms. The molecule has 0 radical (unpaired) electrons. The highest BCUT2D eigenvalue weighted by molar-refractivity contribution is 6.30. The molecule has 2 aromatic heterocycles. The first-order valence-electron chi connectivity index (χ1n) is 12.4. The molecule has 1 fully saturated rings. The summed E-state index contributed by atoms with van der Waals surface area (Å²) in [5, 5.41) is 0.683. The van der Waals surface area contributed by atoms with Crippen molar-refractivity contribution in [3.05, 3.63) is 76.2 Å². The lowest BCUT2D eigenvalue weighted by atomic mass is 10.1. The van der Waals surface area contributed by atoms with Gasteiger partial charge in [0.05, 0.1) is 11.4 Å². The Labute approximate surface area is 205 Å². The second kappa shape index (κ2) is 10.1. The molecule has 3 heterocycles. The van der Waals surface area contributed by atoms with E-state index in [0.717, 1.165) is 61.4 Å². The van der Waals surface area contributed by atoms with Gasteiger partial charge in [-0.2, -0.15) is 0 Å². The van der Waals surface area contributed by atoms with Crippen LogP contribution in [0.25, 0.3) is 28.3 Å². The molecule has 0 atom stereocenters. The SMILES string of the molecule is CCCCCn1c(-c2cccc(N3CCCCC3)c2)cc(=O)n2cc(-c3ccc(Cl)cc3)nc12. The second-order valence-corrected chi connectivity index (χ2v) is 9.56. The van der Waals surface area contributed by atoms with Crippen LogP contribution in [-0.4, -0.2) is 27.0 Å². The Morgan fingerprint density at radius 1 is 0.941 bits per heavy atom. The number of hydrogen-bond donors (Lipinski definition) is 0. The average molecular weight is 475 g/mol. The zero-order chi connectivity index (χ0) is 23.5. The molecule has 0 unspecified atom stereocenters. The number of unbranched alkanes of at least 4 members (excludes halogenated alkanes) is 2. The Morgan fingerprint density at radius 3 is 2.50 bits per heavy atom. The molecule has 5 rings (SSSR count). The number of imidazole rings is 1. The Morgan fingerprint density at radius 2 is 1.74 bits per heavy atom.